The molecule has 0 bridgehead atoms. The summed E-state index contributed by atoms with van der Waals surface area (Å²) in [4.78, 5) is 23.1. The smallest absolute Gasteiger partial charge is 0.255 e. The molecule has 0 spiro atoms. The van der Waals surface area contributed by atoms with Crippen molar-refractivity contribution >= 4 is 11.5 Å². The second kappa shape index (κ2) is 5.90. The molecule has 0 radical (unpaired) electrons. The first-order chi connectivity index (χ1) is 7.20. The summed E-state index contributed by atoms with van der Waals surface area (Å²) in [5.74, 6) is 0. The molecule has 0 fully saturated rings. The molecule has 15 heavy (non-hydrogen) atoms. The molecule has 0 aliphatic heterocycles. The predicted molar refractivity (Wildman–Crippen MR) is 62.7 cm³/mol. The average Bonchev–Trinajstić information content (AvgIpc) is 2.49. The van der Waals surface area contributed by atoms with Gasteiger partial charge in [-0.2, -0.15) is 0 Å². The van der Waals surface area contributed by atoms with Crippen molar-refractivity contribution in [1.29, 1.82) is 0 Å². The number of hydrogen-bond acceptors (Lipinski definition) is 3. The summed E-state index contributed by atoms with van der Waals surface area (Å²) in [6.07, 6.45) is 3.87. The van der Waals surface area contributed by atoms with Crippen LogP contribution in [0, 0.1) is 0 Å². The second-order valence-electron chi connectivity index (χ2n) is 3.60. The van der Waals surface area contributed by atoms with E-state index in [0.29, 0.717) is 13.1 Å². The summed E-state index contributed by atoms with van der Waals surface area (Å²) in [5, 5.41) is 0. The fraction of sp³-hybridized carbons (Fsp3) is 0.800. The molecule has 5 heteroatoms. The summed E-state index contributed by atoms with van der Waals surface area (Å²) >= 11 is 1.04. The number of aromatic nitrogens is 2. The third-order valence-corrected chi connectivity index (χ3v) is 3.24. The molecule has 4 nitrogen and oxygen atoms in total. The minimum Gasteiger partial charge on any atom is -0.255 e. The Hall–Kier alpha value is -0.840. The summed E-state index contributed by atoms with van der Waals surface area (Å²) in [6, 6.07) is 0. The molecule has 0 aromatic carbocycles. The van der Waals surface area contributed by atoms with E-state index in [9.17, 15) is 9.59 Å². The van der Waals surface area contributed by atoms with Gasteiger partial charge in [0.2, 0.25) is 0 Å². The van der Waals surface area contributed by atoms with Crippen molar-refractivity contribution in [2.75, 3.05) is 0 Å². The van der Waals surface area contributed by atoms with E-state index < -0.39 is 0 Å². The van der Waals surface area contributed by atoms with Crippen LogP contribution < -0.4 is 10.6 Å². The summed E-state index contributed by atoms with van der Waals surface area (Å²) in [7, 11) is 0. The minimum atomic E-state index is -0.132. The van der Waals surface area contributed by atoms with Gasteiger partial charge in [-0.05, 0) is 12.8 Å². The maximum absolute atomic E-state index is 11.7. The first-order valence-electron chi connectivity index (χ1n) is 5.51. The molecule has 0 N–H and O–H groups in total. The summed E-state index contributed by atoms with van der Waals surface area (Å²) < 4.78 is 2.92. The zero-order valence-corrected chi connectivity index (χ0v) is 10.2. The molecule has 1 aromatic rings. The normalized spacial score (nSPS) is 10.8. The molecule has 0 saturated heterocycles. The number of nitrogens with zero attached hydrogens (tertiary/aromatic N) is 2. The highest BCUT2D eigenvalue weighted by Gasteiger charge is 2.08. The van der Waals surface area contributed by atoms with E-state index in [-0.39, 0.29) is 10.6 Å². The van der Waals surface area contributed by atoms with Crippen LogP contribution in [0.1, 0.15) is 39.5 Å². The molecule has 0 unspecified atom stereocenters. The molecule has 0 aliphatic carbocycles. The second-order valence-corrected chi connectivity index (χ2v) is 4.57. The number of rotatable bonds is 6. The van der Waals surface area contributed by atoms with Crippen molar-refractivity contribution in [1.82, 2.24) is 8.52 Å². The van der Waals surface area contributed by atoms with Crippen molar-refractivity contribution in [3.63, 3.8) is 0 Å². The minimum absolute atomic E-state index is 0.121. The number of hydrogen-bond donors (Lipinski definition) is 0. The molecule has 86 valence electrons. The Balaban J connectivity index is 2.84. The van der Waals surface area contributed by atoms with E-state index in [1.54, 1.807) is 3.96 Å². The lowest BCUT2D eigenvalue weighted by atomic mass is 10.3. The molecule has 0 saturated carbocycles. The molecule has 1 rings (SSSR count). The van der Waals surface area contributed by atoms with Gasteiger partial charge in [0.05, 0.1) is 0 Å². The van der Waals surface area contributed by atoms with E-state index in [2.05, 4.69) is 6.92 Å². The van der Waals surface area contributed by atoms with Gasteiger partial charge in [0, 0.05) is 24.6 Å². The zero-order chi connectivity index (χ0) is 11.3. The van der Waals surface area contributed by atoms with Gasteiger partial charge in [0.25, 0.3) is 0 Å². The number of aryl methyl sites for hydroxylation is 1. The zero-order valence-electron chi connectivity index (χ0n) is 9.36. The van der Waals surface area contributed by atoms with E-state index in [0.717, 1.165) is 37.2 Å². The lowest BCUT2D eigenvalue weighted by Gasteiger charge is -1.98. The van der Waals surface area contributed by atoms with Gasteiger partial charge in [-0.1, -0.05) is 26.7 Å². The van der Waals surface area contributed by atoms with Crippen LogP contribution in [0.25, 0.3) is 0 Å². The molecule has 0 aliphatic rings. The Morgan fingerprint density at radius 3 is 2.27 bits per heavy atom. The van der Waals surface area contributed by atoms with Crippen LogP contribution in [0.5, 0.6) is 0 Å². The van der Waals surface area contributed by atoms with Crippen LogP contribution in [-0.2, 0) is 13.1 Å². The Bertz CT molecular complexity index is 402. The predicted octanol–water partition coefficient (Wildman–Crippen LogP) is 1.67. The van der Waals surface area contributed by atoms with Gasteiger partial charge in [-0.25, -0.2) is 13.3 Å². The lowest BCUT2D eigenvalue weighted by molar-refractivity contribution is 0.565. The molecule has 0 atom stereocenters. The van der Waals surface area contributed by atoms with Crippen molar-refractivity contribution in [2.45, 2.75) is 52.6 Å². The van der Waals surface area contributed by atoms with Gasteiger partial charge in [0.1, 0.15) is 0 Å². The largest absolute Gasteiger partial charge is 0.341 e. The molecule has 0 amide bonds. The van der Waals surface area contributed by atoms with Crippen LogP contribution in [0.3, 0.4) is 0 Å². The van der Waals surface area contributed by atoms with Gasteiger partial charge in [0.15, 0.2) is 0 Å². The number of unbranched alkanes of at least 4 members (excludes halogenated alkanes) is 2. The van der Waals surface area contributed by atoms with Crippen LogP contribution in [0.2, 0.25) is 0 Å². The fourth-order valence-electron chi connectivity index (χ4n) is 1.34. The Labute approximate surface area is 93.3 Å². The van der Waals surface area contributed by atoms with Crippen molar-refractivity contribution in [3.05, 3.63) is 20.2 Å². The Morgan fingerprint density at radius 1 is 1.07 bits per heavy atom. The molecule has 1 heterocycles. The summed E-state index contributed by atoms with van der Waals surface area (Å²) in [5.41, 5.74) is -0.132. The van der Waals surface area contributed by atoms with Gasteiger partial charge < -0.3 is 0 Å². The highest BCUT2D eigenvalue weighted by atomic mass is 32.1. The lowest BCUT2D eigenvalue weighted by Crippen LogP contribution is -2.29. The SMILES string of the molecule is CCCCn1sc(=O)n(CCCC)c1=O. The van der Waals surface area contributed by atoms with E-state index >= 15 is 0 Å². The average molecular weight is 230 g/mol. The monoisotopic (exact) mass is 230 g/mol. The quantitative estimate of drug-likeness (QED) is 0.746. The first kappa shape index (κ1) is 12.2. The van der Waals surface area contributed by atoms with Crippen LogP contribution in [-0.4, -0.2) is 8.52 Å². The van der Waals surface area contributed by atoms with Crippen molar-refractivity contribution < 1.29 is 0 Å². The Kier molecular flexibility index (Phi) is 4.81. The third-order valence-electron chi connectivity index (χ3n) is 2.30. The molecular weight excluding hydrogens is 212 g/mol. The maximum Gasteiger partial charge on any atom is 0.341 e. The summed E-state index contributed by atoms with van der Waals surface area (Å²) in [6.45, 7) is 5.35. The van der Waals surface area contributed by atoms with Gasteiger partial charge in [-0.15, -0.1) is 0 Å². The van der Waals surface area contributed by atoms with Crippen molar-refractivity contribution in [3.8, 4) is 0 Å². The Morgan fingerprint density at radius 2 is 1.67 bits per heavy atom. The first-order valence-corrected chi connectivity index (χ1v) is 6.29. The maximum atomic E-state index is 11.7. The van der Waals surface area contributed by atoms with E-state index in [1.165, 1.54) is 4.57 Å². The van der Waals surface area contributed by atoms with Crippen LogP contribution >= 0.6 is 11.5 Å². The fourth-order valence-corrected chi connectivity index (χ4v) is 2.19. The van der Waals surface area contributed by atoms with Gasteiger partial charge >= 0.3 is 10.6 Å². The van der Waals surface area contributed by atoms with Crippen molar-refractivity contribution in [2.24, 2.45) is 0 Å². The molecule has 1 aromatic heterocycles. The highest BCUT2D eigenvalue weighted by Crippen LogP contribution is 1.95. The van der Waals surface area contributed by atoms with Crippen LogP contribution in [0.15, 0.2) is 9.59 Å². The van der Waals surface area contributed by atoms with Crippen LogP contribution in [0.4, 0.5) is 0 Å². The standard InChI is InChI=1S/C10H18N2O2S/c1-3-5-7-11-9(13)12(8-6-4-2)15-10(11)14/h3-8H2,1-2H3. The topological polar surface area (TPSA) is 44.0 Å². The van der Waals surface area contributed by atoms with Gasteiger partial charge in [-0.3, -0.25) is 4.79 Å². The third kappa shape index (κ3) is 3.06. The van der Waals surface area contributed by atoms with E-state index in [4.69, 9.17) is 0 Å². The van der Waals surface area contributed by atoms with E-state index in [1.807, 2.05) is 6.92 Å². The molecular formula is C10H18N2O2S. The highest BCUT2D eigenvalue weighted by molar-refractivity contribution is 7.03.